The van der Waals surface area contributed by atoms with Gasteiger partial charge in [-0.2, -0.15) is 5.26 Å². The van der Waals surface area contributed by atoms with Crippen molar-refractivity contribution >= 4 is 17.0 Å². The molecule has 228 valence electrons. The summed E-state index contributed by atoms with van der Waals surface area (Å²) in [5.41, 5.74) is 4.79. The summed E-state index contributed by atoms with van der Waals surface area (Å²) in [6.07, 6.45) is 1.50. The second kappa shape index (κ2) is 12.0. The molecule has 2 atom stereocenters. The van der Waals surface area contributed by atoms with E-state index in [2.05, 4.69) is 15.5 Å². The number of nitrogens with zero attached hydrogens (tertiary/aromatic N) is 4. The van der Waals surface area contributed by atoms with Gasteiger partial charge in [0.25, 0.3) is 0 Å². The SMILES string of the molecule is CC(Oc1ccc2c(c1)CN(Cc1nc3ccc(C(=O)OC(C)(C)C)cc3n1C[C@@H]1CCO1)CC2)c1ccc(C#N)cc1F. The maximum Gasteiger partial charge on any atom is 0.338 e. The van der Waals surface area contributed by atoms with E-state index in [1.807, 2.05) is 51.1 Å². The van der Waals surface area contributed by atoms with Crippen LogP contribution in [0, 0.1) is 17.1 Å². The molecule has 9 heteroatoms. The van der Waals surface area contributed by atoms with Crippen molar-refractivity contribution in [3.8, 4) is 11.8 Å². The highest BCUT2D eigenvalue weighted by Gasteiger charge is 2.26. The molecule has 4 aromatic rings. The Kier molecular flexibility index (Phi) is 8.14. The molecule has 2 aliphatic rings. The summed E-state index contributed by atoms with van der Waals surface area (Å²) < 4.78 is 34.3. The van der Waals surface area contributed by atoms with E-state index in [1.54, 1.807) is 25.1 Å². The first-order valence-corrected chi connectivity index (χ1v) is 15.1. The van der Waals surface area contributed by atoms with E-state index in [-0.39, 0.29) is 17.6 Å². The number of benzene rings is 3. The number of rotatable bonds is 8. The van der Waals surface area contributed by atoms with E-state index in [1.165, 1.54) is 17.2 Å². The Balaban J connectivity index is 1.21. The van der Waals surface area contributed by atoms with E-state index in [0.717, 1.165) is 49.4 Å². The molecule has 0 bridgehead atoms. The number of esters is 1. The van der Waals surface area contributed by atoms with Crippen LogP contribution in [0.2, 0.25) is 0 Å². The highest BCUT2D eigenvalue weighted by molar-refractivity contribution is 5.94. The Morgan fingerprint density at radius 1 is 1.16 bits per heavy atom. The number of hydrogen-bond acceptors (Lipinski definition) is 7. The van der Waals surface area contributed by atoms with Crippen LogP contribution in [0.3, 0.4) is 0 Å². The van der Waals surface area contributed by atoms with E-state index in [9.17, 15) is 9.18 Å². The predicted octanol–water partition coefficient (Wildman–Crippen LogP) is 6.49. The van der Waals surface area contributed by atoms with Crippen molar-refractivity contribution in [3.63, 3.8) is 0 Å². The minimum atomic E-state index is -0.579. The molecule has 1 unspecified atom stereocenters. The monoisotopic (exact) mass is 596 g/mol. The lowest BCUT2D eigenvalue weighted by Crippen LogP contribution is -2.34. The molecule has 0 amide bonds. The van der Waals surface area contributed by atoms with Gasteiger partial charge >= 0.3 is 5.97 Å². The quantitative estimate of drug-likeness (QED) is 0.215. The van der Waals surface area contributed by atoms with Gasteiger partial charge in [0.05, 0.1) is 47.4 Å². The van der Waals surface area contributed by atoms with Crippen molar-refractivity contribution in [2.45, 2.75) is 78.0 Å². The molecule has 1 fully saturated rings. The van der Waals surface area contributed by atoms with Gasteiger partial charge < -0.3 is 18.8 Å². The fourth-order valence-electron chi connectivity index (χ4n) is 5.79. The first-order chi connectivity index (χ1) is 21.1. The van der Waals surface area contributed by atoms with E-state index >= 15 is 0 Å². The average molecular weight is 597 g/mol. The summed E-state index contributed by atoms with van der Waals surface area (Å²) in [5.74, 6) is 0.799. The number of fused-ring (bicyclic) bond motifs is 2. The minimum absolute atomic E-state index is 0.126. The van der Waals surface area contributed by atoms with Gasteiger partial charge in [-0.25, -0.2) is 14.2 Å². The van der Waals surface area contributed by atoms with Gasteiger partial charge in [-0.3, -0.25) is 4.90 Å². The molecule has 2 aliphatic heterocycles. The summed E-state index contributed by atoms with van der Waals surface area (Å²) in [6.45, 7) is 11.1. The molecule has 0 saturated carbocycles. The van der Waals surface area contributed by atoms with Gasteiger partial charge in [0.2, 0.25) is 0 Å². The molecule has 8 nitrogen and oxygen atoms in total. The van der Waals surface area contributed by atoms with Crippen molar-refractivity contribution < 1.29 is 23.4 Å². The molecule has 1 aromatic heterocycles. The summed E-state index contributed by atoms with van der Waals surface area (Å²) in [7, 11) is 0. The van der Waals surface area contributed by atoms with Crippen molar-refractivity contribution in [2.75, 3.05) is 13.2 Å². The molecule has 0 aliphatic carbocycles. The number of ether oxygens (including phenoxy) is 3. The van der Waals surface area contributed by atoms with Crippen molar-refractivity contribution in [2.24, 2.45) is 0 Å². The number of halogens is 1. The minimum Gasteiger partial charge on any atom is -0.486 e. The van der Waals surface area contributed by atoms with Crippen LogP contribution < -0.4 is 4.74 Å². The fourth-order valence-corrected chi connectivity index (χ4v) is 5.79. The Hall–Kier alpha value is -4.26. The van der Waals surface area contributed by atoms with Crippen LogP contribution in [0.4, 0.5) is 4.39 Å². The van der Waals surface area contributed by atoms with Gasteiger partial charge in [-0.05, 0) is 94.1 Å². The second-order valence-corrected chi connectivity index (χ2v) is 12.6. The van der Waals surface area contributed by atoms with Gasteiger partial charge in [-0.15, -0.1) is 0 Å². The van der Waals surface area contributed by atoms with Gasteiger partial charge in [-0.1, -0.05) is 12.1 Å². The first-order valence-electron chi connectivity index (χ1n) is 15.1. The van der Waals surface area contributed by atoms with E-state index in [4.69, 9.17) is 24.5 Å². The number of nitriles is 1. The Morgan fingerprint density at radius 3 is 2.68 bits per heavy atom. The topological polar surface area (TPSA) is 89.6 Å². The number of carbonyl (C=O) groups excluding carboxylic acids is 1. The highest BCUT2D eigenvalue weighted by Crippen LogP contribution is 2.30. The fraction of sp³-hybridized carbons (Fsp3) is 0.400. The smallest absolute Gasteiger partial charge is 0.338 e. The van der Waals surface area contributed by atoms with Crippen LogP contribution in [0.5, 0.6) is 5.75 Å². The van der Waals surface area contributed by atoms with E-state index < -0.39 is 17.5 Å². The second-order valence-electron chi connectivity index (χ2n) is 12.6. The van der Waals surface area contributed by atoms with Gasteiger partial charge in [0.15, 0.2) is 0 Å². The van der Waals surface area contributed by atoms with Crippen LogP contribution >= 0.6 is 0 Å². The van der Waals surface area contributed by atoms with Crippen molar-refractivity contribution in [3.05, 3.63) is 94.1 Å². The lowest BCUT2D eigenvalue weighted by Gasteiger charge is -2.31. The van der Waals surface area contributed by atoms with Crippen molar-refractivity contribution in [1.82, 2.24) is 14.5 Å². The molecule has 0 radical (unpaired) electrons. The molecule has 0 N–H and O–H groups in total. The zero-order chi connectivity index (χ0) is 31.0. The largest absolute Gasteiger partial charge is 0.486 e. The molecule has 0 spiro atoms. The Bertz CT molecular complexity index is 1750. The van der Waals surface area contributed by atoms with Crippen LogP contribution in [0.15, 0.2) is 54.6 Å². The average Bonchev–Trinajstić information content (AvgIpc) is 3.29. The predicted molar refractivity (Wildman–Crippen MR) is 164 cm³/mol. The summed E-state index contributed by atoms with van der Waals surface area (Å²) >= 11 is 0. The lowest BCUT2D eigenvalue weighted by molar-refractivity contribution is -0.0592. The maximum absolute atomic E-state index is 14.6. The van der Waals surface area contributed by atoms with E-state index in [0.29, 0.717) is 30.0 Å². The first kappa shape index (κ1) is 29.8. The molecule has 3 heterocycles. The molecule has 1 saturated heterocycles. The molecule has 44 heavy (non-hydrogen) atoms. The van der Waals surface area contributed by atoms with Crippen LogP contribution in [0.1, 0.15) is 78.7 Å². The summed E-state index contributed by atoms with van der Waals surface area (Å²) in [4.78, 5) is 20.2. The third-order valence-corrected chi connectivity index (χ3v) is 8.16. The van der Waals surface area contributed by atoms with Crippen LogP contribution in [0.25, 0.3) is 11.0 Å². The number of aromatic nitrogens is 2. The lowest BCUT2D eigenvalue weighted by atomic mass is 9.99. The third kappa shape index (κ3) is 6.47. The standard InChI is InChI=1S/C35H37FN4O4/c1-22(29-9-5-23(18-37)15-30(29)36)43-27-8-6-24-11-13-39(19-26(24)16-27)21-33-38-31-10-7-25(34(41)44-35(2,3)4)17-32(31)40(33)20-28-12-14-42-28/h5-10,15-17,22,28H,11-14,19-21H2,1-4H3/t22?,28-/m0/s1. The molecular formula is C35H37FN4O4. The van der Waals surface area contributed by atoms with Gasteiger partial charge in [0, 0.05) is 25.3 Å². The zero-order valence-electron chi connectivity index (χ0n) is 25.6. The third-order valence-electron chi connectivity index (χ3n) is 8.16. The van der Waals surface area contributed by atoms with Gasteiger partial charge in [0.1, 0.15) is 29.1 Å². The Labute approximate surface area is 257 Å². The molecular weight excluding hydrogens is 559 g/mol. The Morgan fingerprint density at radius 2 is 1.98 bits per heavy atom. The van der Waals surface area contributed by atoms with Crippen molar-refractivity contribution in [1.29, 1.82) is 5.26 Å². The summed E-state index contributed by atoms with van der Waals surface area (Å²) in [6, 6.07) is 18.0. The number of carbonyl (C=O) groups is 1. The number of hydrogen-bond donors (Lipinski definition) is 0. The number of imidazole rings is 1. The molecule has 3 aromatic carbocycles. The van der Waals surface area contributed by atoms with Crippen LogP contribution in [-0.4, -0.2) is 45.3 Å². The highest BCUT2D eigenvalue weighted by atomic mass is 19.1. The normalized spacial score (nSPS) is 17.4. The zero-order valence-corrected chi connectivity index (χ0v) is 25.6. The molecule has 6 rings (SSSR count). The van der Waals surface area contributed by atoms with Crippen LogP contribution in [-0.2, 0) is 35.5 Å². The summed E-state index contributed by atoms with van der Waals surface area (Å²) in [5, 5.41) is 9.04. The maximum atomic E-state index is 14.6.